The molecular weight excluding hydrogens is 300 g/mol. The van der Waals surface area contributed by atoms with Crippen LogP contribution < -0.4 is 4.90 Å². The van der Waals surface area contributed by atoms with Gasteiger partial charge >= 0.3 is 0 Å². The second kappa shape index (κ2) is 6.93. The first-order valence-corrected chi connectivity index (χ1v) is 9.17. The lowest BCUT2D eigenvalue weighted by Crippen LogP contribution is -2.44. The zero-order chi connectivity index (χ0) is 16.4. The fraction of sp³-hybridized carbons (Fsp3) is 0.579. The van der Waals surface area contributed by atoms with E-state index in [9.17, 15) is 0 Å². The average Bonchev–Trinajstić information content (AvgIpc) is 2.89. The molecule has 3 fully saturated rings. The van der Waals surface area contributed by atoms with E-state index in [-0.39, 0.29) is 0 Å². The topological polar surface area (TPSA) is 45.4 Å². The summed E-state index contributed by atoms with van der Waals surface area (Å²) in [5, 5.41) is 4.25. The van der Waals surface area contributed by atoms with Gasteiger partial charge in [0.05, 0.1) is 0 Å². The number of aryl methyl sites for hydroxylation is 1. The number of hydrogen-bond acceptors (Lipinski definition) is 5. The largest absolute Gasteiger partial charge is 0.337 e. The summed E-state index contributed by atoms with van der Waals surface area (Å²) < 4.78 is 5.41. The third-order valence-electron chi connectivity index (χ3n) is 5.22. The molecule has 0 aliphatic carbocycles. The Morgan fingerprint density at radius 2 is 2.00 bits per heavy atom. The Hall–Kier alpha value is -1.88. The molecule has 128 valence electrons. The highest BCUT2D eigenvalue weighted by atomic mass is 16.5. The zero-order valence-corrected chi connectivity index (χ0v) is 14.4. The van der Waals surface area contributed by atoms with Crippen molar-refractivity contribution in [1.29, 1.82) is 0 Å². The van der Waals surface area contributed by atoms with E-state index in [1.807, 2.05) is 0 Å². The standard InChI is InChI=1S/C19H26N4O/c1-2-6-18-20-19(21-24-18)23-13-16-9-10-17(23)14-22(12-16)11-15-7-4-3-5-8-15/h3-5,7-8,16-17H,2,6,9-14H2,1H3/t16-,17+/m1/s1. The van der Waals surface area contributed by atoms with E-state index in [2.05, 4.69) is 57.2 Å². The van der Waals surface area contributed by atoms with Gasteiger partial charge in [-0.15, -0.1) is 0 Å². The molecule has 2 bridgehead atoms. The van der Waals surface area contributed by atoms with Crippen LogP contribution in [0.25, 0.3) is 0 Å². The minimum Gasteiger partial charge on any atom is -0.337 e. The number of aromatic nitrogens is 2. The van der Waals surface area contributed by atoms with E-state index < -0.39 is 0 Å². The lowest BCUT2D eigenvalue weighted by molar-refractivity contribution is 0.256. The van der Waals surface area contributed by atoms with E-state index in [4.69, 9.17) is 4.52 Å². The molecule has 3 aliphatic heterocycles. The fourth-order valence-electron chi connectivity index (χ4n) is 4.07. The van der Waals surface area contributed by atoms with Crippen LogP contribution in [-0.2, 0) is 13.0 Å². The number of nitrogens with zero attached hydrogens (tertiary/aromatic N) is 4. The second-order valence-electron chi connectivity index (χ2n) is 7.17. The molecule has 0 saturated carbocycles. The van der Waals surface area contributed by atoms with Crippen molar-refractivity contribution >= 4 is 5.95 Å². The first-order valence-electron chi connectivity index (χ1n) is 9.17. The Morgan fingerprint density at radius 3 is 2.83 bits per heavy atom. The van der Waals surface area contributed by atoms with E-state index in [1.54, 1.807) is 0 Å². The highest BCUT2D eigenvalue weighted by molar-refractivity contribution is 5.32. The number of anilines is 1. The third kappa shape index (κ3) is 3.31. The molecule has 0 spiro atoms. The lowest BCUT2D eigenvalue weighted by atomic mass is 9.95. The number of fused-ring (bicyclic) bond motifs is 4. The van der Waals surface area contributed by atoms with Gasteiger partial charge in [-0.3, -0.25) is 4.90 Å². The van der Waals surface area contributed by atoms with Gasteiger partial charge in [-0.25, -0.2) is 0 Å². The maximum atomic E-state index is 5.41. The lowest BCUT2D eigenvalue weighted by Gasteiger charge is -2.35. The molecule has 5 heteroatoms. The minimum atomic E-state index is 0.500. The van der Waals surface area contributed by atoms with Crippen LogP contribution in [0, 0.1) is 5.92 Å². The maximum Gasteiger partial charge on any atom is 0.266 e. The number of rotatable bonds is 5. The van der Waals surface area contributed by atoms with E-state index in [0.29, 0.717) is 12.0 Å². The normalized spacial score (nSPS) is 24.3. The Bertz CT molecular complexity index is 656. The molecule has 24 heavy (non-hydrogen) atoms. The molecule has 5 rings (SSSR count). The average molecular weight is 326 g/mol. The quantitative estimate of drug-likeness (QED) is 0.845. The molecule has 0 unspecified atom stereocenters. The highest BCUT2D eigenvalue weighted by Crippen LogP contribution is 2.31. The van der Waals surface area contributed by atoms with Gasteiger partial charge in [0, 0.05) is 38.6 Å². The van der Waals surface area contributed by atoms with Gasteiger partial charge in [0.1, 0.15) is 0 Å². The highest BCUT2D eigenvalue weighted by Gasteiger charge is 2.36. The summed E-state index contributed by atoms with van der Waals surface area (Å²) in [5.41, 5.74) is 1.40. The summed E-state index contributed by atoms with van der Waals surface area (Å²) >= 11 is 0. The van der Waals surface area contributed by atoms with Gasteiger partial charge in [0.2, 0.25) is 5.89 Å². The van der Waals surface area contributed by atoms with Crippen LogP contribution in [0.1, 0.15) is 37.6 Å². The number of benzene rings is 1. The van der Waals surface area contributed by atoms with E-state index >= 15 is 0 Å². The molecule has 0 radical (unpaired) electrons. The molecule has 2 atom stereocenters. The molecule has 2 aromatic rings. The van der Waals surface area contributed by atoms with Crippen molar-refractivity contribution in [1.82, 2.24) is 15.0 Å². The summed E-state index contributed by atoms with van der Waals surface area (Å²) in [5.74, 6) is 2.27. The van der Waals surface area contributed by atoms with Gasteiger partial charge in [0.25, 0.3) is 5.95 Å². The van der Waals surface area contributed by atoms with Crippen molar-refractivity contribution in [2.24, 2.45) is 5.92 Å². The molecule has 0 N–H and O–H groups in total. The smallest absolute Gasteiger partial charge is 0.266 e. The second-order valence-corrected chi connectivity index (χ2v) is 7.17. The zero-order valence-electron chi connectivity index (χ0n) is 14.4. The summed E-state index contributed by atoms with van der Waals surface area (Å²) in [6.45, 7) is 6.49. The molecule has 5 nitrogen and oxygen atoms in total. The molecule has 0 amide bonds. The van der Waals surface area contributed by atoms with E-state index in [1.165, 1.54) is 24.9 Å². The van der Waals surface area contributed by atoms with Crippen LogP contribution in [0.3, 0.4) is 0 Å². The van der Waals surface area contributed by atoms with Crippen molar-refractivity contribution in [3.05, 3.63) is 41.8 Å². The summed E-state index contributed by atoms with van der Waals surface area (Å²) in [7, 11) is 0. The van der Waals surface area contributed by atoms with Crippen molar-refractivity contribution in [3.8, 4) is 0 Å². The van der Waals surface area contributed by atoms with Crippen molar-refractivity contribution < 1.29 is 4.52 Å². The SMILES string of the molecule is CCCc1nc(N2C[C@@H]3CC[C@H]2CN(Cc2ccccc2)C3)no1. The fourth-order valence-corrected chi connectivity index (χ4v) is 4.07. The summed E-state index contributed by atoms with van der Waals surface area (Å²) in [6, 6.07) is 11.3. The van der Waals surface area contributed by atoms with E-state index in [0.717, 1.165) is 44.3 Å². The maximum absolute atomic E-state index is 5.41. The van der Waals surface area contributed by atoms with Gasteiger partial charge < -0.3 is 9.42 Å². The van der Waals surface area contributed by atoms with Gasteiger partial charge in [-0.1, -0.05) is 37.3 Å². The van der Waals surface area contributed by atoms with Gasteiger partial charge in [-0.2, -0.15) is 4.98 Å². The minimum absolute atomic E-state index is 0.500. The predicted octanol–water partition coefficient (Wildman–Crippen LogP) is 3.12. The van der Waals surface area contributed by atoms with Crippen molar-refractivity contribution in [2.45, 2.75) is 45.2 Å². The molecule has 1 aromatic carbocycles. The summed E-state index contributed by atoms with van der Waals surface area (Å²) in [6.07, 6.45) is 4.45. The van der Waals surface area contributed by atoms with Gasteiger partial charge in [-0.05, 0) is 35.9 Å². The van der Waals surface area contributed by atoms with Crippen LogP contribution in [0.2, 0.25) is 0 Å². The third-order valence-corrected chi connectivity index (χ3v) is 5.22. The van der Waals surface area contributed by atoms with Crippen LogP contribution >= 0.6 is 0 Å². The van der Waals surface area contributed by atoms with Crippen LogP contribution in [0.5, 0.6) is 0 Å². The van der Waals surface area contributed by atoms with Crippen molar-refractivity contribution in [3.63, 3.8) is 0 Å². The Labute approximate surface area is 143 Å². The Morgan fingerprint density at radius 1 is 1.12 bits per heavy atom. The monoisotopic (exact) mass is 326 g/mol. The first kappa shape index (κ1) is 15.6. The molecule has 3 aliphatic rings. The molecule has 1 aromatic heterocycles. The molecule has 3 saturated heterocycles. The predicted molar refractivity (Wildman–Crippen MR) is 93.9 cm³/mol. The number of piperidine rings is 1. The molecule has 4 heterocycles. The Kier molecular flexibility index (Phi) is 4.52. The molecular formula is C19H26N4O. The van der Waals surface area contributed by atoms with Crippen LogP contribution in [0.15, 0.2) is 34.9 Å². The summed E-state index contributed by atoms with van der Waals surface area (Å²) in [4.78, 5) is 9.62. The van der Waals surface area contributed by atoms with Crippen LogP contribution in [-0.4, -0.2) is 40.7 Å². The van der Waals surface area contributed by atoms with Crippen molar-refractivity contribution in [2.75, 3.05) is 24.5 Å². The number of hydrogen-bond donors (Lipinski definition) is 0. The Balaban J connectivity index is 1.48. The van der Waals surface area contributed by atoms with Crippen LogP contribution in [0.4, 0.5) is 5.95 Å². The van der Waals surface area contributed by atoms with Gasteiger partial charge in [0.15, 0.2) is 0 Å². The first-order chi connectivity index (χ1) is 11.8.